The lowest BCUT2D eigenvalue weighted by molar-refractivity contribution is 0.411. The molecule has 1 fully saturated rings. The number of piperidine rings is 1. The number of nitrogens with one attached hydrogen (secondary N) is 1. The van der Waals surface area contributed by atoms with E-state index in [0.29, 0.717) is 18.9 Å². The van der Waals surface area contributed by atoms with Crippen molar-refractivity contribution in [2.45, 2.75) is 19.3 Å². The summed E-state index contributed by atoms with van der Waals surface area (Å²) in [5, 5.41) is 11.9. The van der Waals surface area contributed by atoms with Gasteiger partial charge in [0.15, 0.2) is 0 Å². The number of anilines is 2. The van der Waals surface area contributed by atoms with Crippen molar-refractivity contribution in [2.24, 2.45) is 5.92 Å². The minimum absolute atomic E-state index is 0.543. The predicted octanol–water partition coefficient (Wildman–Crippen LogP) is 2.20. The zero-order valence-electron chi connectivity index (χ0n) is 11.0. The van der Waals surface area contributed by atoms with Gasteiger partial charge in [-0.25, -0.2) is 9.97 Å². The molecule has 5 nitrogen and oxygen atoms in total. The van der Waals surface area contributed by atoms with Gasteiger partial charge in [-0.05, 0) is 18.8 Å². The van der Waals surface area contributed by atoms with Gasteiger partial charge in [0.1, 0.15) is 18.0 Å². The summed E-state index contributed by atoms with van der Waals surface area (Å²) in [5.41, 5.74) is 0. The molecule has 0 aliphatic carbocycles. The molecule has 1 aliphatic rings. The van der Waals surface area contributed by atoms with Crippen LogP contribution in [0.1, 0.15) is 19.3 Å². The van der Waals surface area contributed by atoms with Gasteiger partial charge < -0.3 is 10.2 Å². The van der Waals surface area contributed by atoms with Gasteiger partial charge in [-0.1, -0.05) is 6.08 Å². The Morgan fingerprint density at radius 2 is 2.26 bits per heavy atom. The highest BCUT2D eigenvalue weighted by Gasteiger charge is 2.20. The Balaban J connectivity index is 1.95. The van der Waals surface area contributed by atoms with Gasteiger partial charge in [0.2, 0.25) is 0 Å². The molecule has 1 aromatic heterocycles. The Morgan fingerprint density at radius 1 is 1.47 bits per heavy atom. The van der Waals surface area contributed by atoms with Gasteiger partial charge in [0.25, 0.3) is 0 Å². The highest BCUT2D eigenvalue weighted by Crippen LogP contribution is 2.24. The number of hydrogen-bond donors (Lipinski definition) is 1. The molecular weight excluding hydrogens is 238 g/mol. The first-order valence-electron chi connectivity index (χ1n) is 6.62. The summed E-state index contributed by atoms with van der Waals surface area (Å²) in [6.07, 6.45) is 6.18. The minimum atomic E-state index is 0.543. The van der Waals surface area contributed by atoms with Crippen molar-refractivity contribution in [3.05, 3.63) is 25.0 Å². The van der Waals surface area contributed by atoms with Crippen molar-refractivity contribution < 1.29 is 0 Å². The molecule has 1 aromatic rings. The largest absolute Gasteiger partial charge is 0.366 e. The summed E-state index contributed by atoms with van der Waals surface area (Å²) in [7, 11) is 0. The normalized spacial score (nSPS) is 15.8. The highest BCUT2D eigenvalue weighted by atomic mass is 15.2. The maximum absolute atomic E-state index is 8.72. The second-order valence-electron chi connectivity index (χ2n) is 4.72. The van der Waals surface area contributed by atoms with Gasteiger partial charge in [-0.2, -0.15) is 5.26 Å². The summed E-state index contributed by atoms with van der Waals surface area (Å²) in [4.78, 5) is 10.8. The third-order valence-electron chi connectivity index (χ3n) is 3.40. The Morgan fingerprint density at radius 3 is 2.95 bits per heavy atom. The molecule has 5 heteroatoms. The highest BCUT2D eigenvalue weighted by molar-refractivity contribution is 5.48. The molecule has 0 aromatic carbocycles. The molecule has 2 rings (SSSR count). The zero-order valence-corrected chi connectivity index (χ0v) is 11.0. The van der Waals surface area contributed by atoms with Crippen LogP contribution in [0.25, 0.3) is 0 Å². The Hall–Kier alpha value is -2.09. The van der Waals surface area contributed by atoms with E-state index in [-0.39, 0.29) is 0 Å². The molecule has 2 heterocycles. The molecule has 1 aliphatic heterocycles. The van der Waals surface area contributed by atoms with Crippen LogP contribution >= 0.6 is 0 Å². The molecule has 1 N–H and O–H groups in total. The Kier molecular flexibility index (Phi) is 4.73. The van der Waals surface area contributed by atoms with Crippen molar-refractivity contribution in [1.82, 2.24) is 9.97 Å². The van der Waals surface area contributed by atoms with Crippen molar-refractivity contribution in [2.75, 3.05) is 29.9 Å². The van der Waals surface area contributed by atoms with Crippen LogP contribution in [-0.4, -0.2) is 29.6 Å². The molecule has 0 saturated carbocycles. The average Bonchev–Trinajstić information content (AvgIpc) is 2.46. The summed E-state index contributed by atoms with van der Waals surface area (Å²) in [5.74, 6) is 2.32. The second kappa shape index (κ2) is 6.74. The SMILES string of the molecule is C=CCNc1cc(N2CCC(CC#N)CC2)ncn1. The van der Waals surface area contributed by atoms with E-state index in [1.54, 1.807) is 12.4 Å². The van der Waals surface area contributed by atoms with Crippen LogP contribution in [-0.2, 0) is 0 Å². The van der Waals surface area contributed by atoms with E-state index in [4.69, 9.17) is 5.26 Å². The summed E-state index contributed by atoms with van der Waals surface area (Å²) in [6.45, 7) is 6.29. The maximum atomic E-state index is 8.72. The van der Waals surface area contributed by atoms with Crippen molar-refractivity contribution in [1.29, 1.82) is 5.26 Å². The van der Waals surface area contributed by atoms with Gasteiger partial charge in [0.05, 0.1) is 6.07 Å². The fourth-order valence-electron chi connectivity index (χ4n) is 2.29. The maximum Gasteiger partial charge on any atom is 0.134 e. The first kappa shape index (κ1) is 13.3. The summed E-state index contributed by atoms with van der Waals surface area (Å²) >= 11 is 0. The minimum Gasteiger partial charge on any atom is -0.366 e. The van der Waals surface area contributed by atoms with Crippen LogP contribution in [0.3, 0.4) is 0 Å². The van der Waals surface area contributed by atoms with Crippen molar-refractivity contribution in [3.8, 4) is 6.07 Å². The van der Waals surface area contributed by atoms with Crippen LogP contribution < -0.4 is 10.2 Å². The average molecular weight is 257 g/mol. The molecule has 19 heavy (non-hydrogen) atoms. The molecule has 1 saturated heterocycles. The fourth-order valence-corrected chi connectivity index (χ4v) is 2.29. The molecule has 0 bridgehead atoms. The number of hydrogen-bond acceptors (Lipinski definition) is 5. The molecule has 0 unspecified atom stereocenters. The monoisotopic (exact) mass is 257 g/mol. The third kappa shape index (κ3) is 3.68. The lowest BCUT2D eigenvalue weighted by Gasteiger charge is -2.31. The van der Waals surface area contributed by atoms with E-state index in [0.717, 1.165) is 37.6 Å². The number of nitriles is 1. The quantitative estimate of drug-likeness (QED) is 0.819. The predicted molar refractivity (Wildman–Crippen MR) is 75.9 cm³/mol. The second-order valence-corrected chi connectivity index (χ2v) is 4.72. The van der Waals surface area contributed by atoms with Crippen LogP contribution in [0.4, 0.5) is 11.6 Å². The van der Waals surface area contributed by atoms with E-state index in [9.17, 15) is 0 Å². The zero-order chi connectivity index (χ0) is 13.5. The van der Waals surface area contributed by atoms with E-state index in [1.807, 2.05) is 6.07 Å². The summed E-state index contributed by atoms with van der Waals surface area (Å²) < 4.78 is 0. The number of aromatic nitrogens is 2. The van der Waals surface area contributed by atoms with Gasteiger partial charge >= 0.3 is 0 Å². The smallest absolute Gasteiger partial charge is 0.134 e. The summed E-state index contributed by atoms with van der Waals surface area (Å²) in [6, 6.07) is 4.23. The first-order valence-corrected chi connectivity index (χ1v) is 6.62. The molecular formula is C14H19N5. The van der Waals surface area contributed by atoms with E-state index >= 15 is 0 Å². The lowest BCUT2D eigenvalue weighted by Crippen LogP contribution is -2.34. The third-order valence-corrected chi connectivity index (χ3v) is 3.40. The van der Waals surface area contributed by atoms with Gasteiger partial charge in [0, 0.05) is 32.1 Å². The van der Waals surface area contributed by atoms with Crippen LogP contribution in [0, 0.1) is 17.2 Å². The van der Waals surface area contributed by atoms with E-state index in [1.165, 1.54) is 0 Å². The topological polar surface area (TPSA) is 64.8 Å². The van der Waals surface area contributed by atoms with E-state index < -0.39 is 0 Å². The number of rotatable bonds is 5. The van der Waals surface area contributed by atoms with Crippen LogP contribution in [0.5, 0.6) is 0 Å². The molecule has 0 radical (unpaired) electrons. The van der Waals surface area contributed by atoms with Crippen LogP contribution in [0.15, 0.2) is 25.0 Å². The number of nitrogens with zero attached hydrogens (tertiary/aromatic N) is 4. The van der Waals surface area contributed by atoms with E-state index in [2.05, 4.69) is 32.8 Å². The molecule has 0 spiro atoms. The first-order chi connectivity index (χ1) is 9.33. The van der Waals surface area contributed by atoms with Crippen molar-refractivity contribution >= 4 is 11.6 Å². The van der Waals surface area contributed by atoms with Gasteiger partial charge in [-0.15, -0.1) is 6.58 Å². The Labute approximate surface area is 114 Å². The molecule has 0 atom stereocenters. The molecule has 100 valence electrons. The lowest BCUT2D eigenvalue weighted by atomic mass is 9.94. The van der Waals surface area contributed by atoms with Crippen LogP contribution in [0.2, 0.25) is 0 Å². The Bertz CT molecular complexity index is 457. The van der Waals surface area contributed by atoms with Gasteiger partial charge in [-0.3, -0.25) is 0 Å². The van der Waals surface area contributed by atoms with Crippen molar-refractivity contribution in [3.63, 3.8) is 0 Å². The fraction of sp³-hybridized carbons (Fsp3) is 0.500. The standard InChI is InChI=1S/C14H19N5/c1-2-7-16-13-10-14(18-11-17-13)19-8-4-12(3-6-15)5-9-19/h2,10-12H,1,3-5,7-9H2,(H,16,17,18). The molecule has 0 amide bonds.